The minimum atomic E-state index is 0.438. The van der Waals surface area contributed by atoms with Gasteiger partial charge in [0.1, 0.15) is 0 Å². The Bertz CT molecular complexity index is 415. The summed E-state index contributed by atoms with van der Waals surface area (Å²) in [6, 6.07) is 0. The van der Waals surface area contributed by atoms with Gasteiger partial charge >= 0.3 is 0 Å². The molecule has 0 aliphatic heterocycles. The van der Waals surface area contributed by atoms with Crippen LogP contribution in [0.15, 0.2) is 18.6 Å². The van der Waals surface area contributed by atoms with Gasteiger partial charge in [0.25, 0.3) is 0 Å². The van der Waals surface area contributed by atoms with Crippen LogP contribution in [0, 0.1) is 0 Å². The second-order valence-electron chi connectivity index (χ2n) is 3.00. The van der Waals surface area contributed by atoms with Crippen molar-refractivity contribution < 1.29 is 0 Å². The zero-order valence-electron chi connectivity index (χ0n) is 7.96. The fourth-order valence-corrected chi connectivity index (χ4v) is 1.21. The normalized spacial score (nSPS) is 10.6. The summed E-state index contributed by atoms with van der Waals surface area (Å²) in [5.41, 5.74) is 6.52. The lowest BCUT2D eigenvalue weighted by molar-refractivity contribution is 0.591. The molecule has 2 aromatic rings. The maximum absolute atomic E-state index is 5.45. The van der Waals surface area contributed by atoms with E-state index in [0.717, 1.165) is 12.1 Å². The predicted molar refractivity (Wildman–Crippen MR) is 51.4 cm³/mol. The molecule has 74 valence electrons. The van der Waals surface area contributed by atoms with Crippen molar-refractivity contribution >= 4 is 5.82 Å². The van der Waals surface area contributed by atoms with Crippen LogP contribution in [0.1, 0.15) is 12.5 Å². The molecule has 0 radical (unpaired) electrons. The molecule has 6 heteroatoms. The lowest BCUT2D eigenvalue weighted by Gasteiger charge is -1.94. The van der Waals surface area contributed by atoms with Crippen LogP contribution < -0.4 is 5.73 Å². The molecule has 0 fully saturated rings. The zero-order valence-corrected chi connectivity index (χ0v) is 7.96. The summed E-state index contributed by atoms with van der Waals surface area (Å²) in [6.45, 7) is 3.52. The van der Waals surface area contributed by atoms with Gasteiger partial charge in [-0.2, -0.15) is 15.0 Å². The van der Waals surface area contributed by atoms with Gasteiger partial charge < -0.3 is 5.73 Å². The van der Waals surface area contributed by atoms with Gasteiger partial charge in [0.15, 0.2) is 5.82 Å². The van der Waals surface area contributed by atoms with E-state index in [0.29, 0.717) is 12.4 Å². The SMILES string of the molecule is CCn1cc(Cn2ncc(N)n2)cn1. The minimum Gasteiger partial charge on any atom is -0.381 e. The van der Waals surface area contributed by atoms with Gasteiger partial charge in [-0.25, -0.2) is 0 Å². The Morgan fingerprint density at radius 1 is 1.36 bits per heavy atom. The summed E-state index contributed by atoms with van der Waals surface area (Å²) in [4.78, 5) is 1.55. The quantitative estimate of drug-likeness (QED) is 0.749. The number of aromatic nitrogens is 5. The highest BCUT2D eigenvalue weighted by atomic mass is 15.5. The molecule has 2 rings (SSSR count). The first kappa shape index (κ1) is 8.74. The van der Waals surface area contributed by atoms with Crippen molar-refractivity contribution in [1.82, 2.24) is 24.8 Å². The van der Waals surface area contributed by atoms with Crippen LogP contribution in [0.4, 0.5) is 5.82 Å². The second kappa shape index (κ2) is 3.49. The molecule has 0 unspecified atom stereocenters. The van der Waals surface area contributed by atoms with Gasteiger partial charge in [0.2, 0.25) is 0 Å². The first-order chi connectivity index (χ1) is 6.78. The summed E-state index contributed by atoms with van der Waals surface area (Å²) in [5.74, 6) is 0.438. The van der Waals surface area contributed by atoms with E-state index in [2.05, 4.69) is 15.3 Å². The Morgan fingerprint density at radius 3 is 2.79 bits per heavy atom. The van der Waals surface area contributed by atoms with Crippen molar-refractivity contribution in [2.75, 3.05) is 5.73 Å². The molecule has 0 atom stereocenters. The monoisotopic (exact) mass is 192 g/mol. The molecule has 0 saturated heterocycles. The molecule has 6 nitrogen and oxygen atoms in total. The molecular formula is C8H12N6. The number of nitrogen functional groups attached to an aromatic ring is 1. The van der Waals surface area contributed by atoms with E-state index in [1.165, 1.54) is 6.20 Å². The van der Waals surface area contributed by atoms with E-state index in [1.807, 2.05) is 24.0 Å². The van der Waals surface area contributed by atoms with Crippen LogP contribution in [0.2, 0.25) is 0 Å². The number of hydrogen-bond acceptors (Lipinski definition) is 4. The molecule has 0 aliphatic carbocycles. The summed E-state index contributed by atoms with van der Waals surface area (Å²) < 4.78 is 1.86. The van der Waals surface area contributed by atoms with Crippen molar-refractivity contribution in [2.45, 2.75) is 20.0 Å². The lowest BCUT2D eigenvalue weighted by atomic mass is 10.4. The minimum absolute atomic E-state index is 0.438. The third kappa shape index (κ3) is 1.73. The maximum Gasteiger partial charge on any atom is 0.165 e. The highest BCUT2D eigenvalue weighted by molar-refractivity contribution is 5.19. The summed E-state index contributed by atoms with van der Waals surface area (Å²) in [5, 5.41) is 12.1. The van der Waals surface area contributed by atoms with Crippen LogP contribution in [-0.4, -0.2) is 24.8 Å². The Kier molecular flexibility index (Phi) is 2.18. The first-order valence-electron chi connectivity index (χ1n) is 4.45. The van der Waals surface area contributed by atoms with E-state index in [-0.39, 0.29) is 0 Å². The molecule has 0 amide bonds. The van der Waals surface area contributed by atoms with Gasteiger partial charge in [-0.1, -0.05) is 0 Å². The van der Waals surface area contributed by atoms with Crippen molar-refractivity contribution in [2.24, 2.45) is 0 Å². The molecule has 2 heterocycles. The third-order valence-corrected chi connectivity index (χ3v) is 1.89. The Balaban J connectivity index is 2.10. The maximum atomic E-state index is 5.45. The lowest BCUT2D eigenvalue weighted by Crippen LogP contribution is -2.03. The van der Waals surface area contributed by atoms with Crippen molar-refractivity contribution in [3.63, 3.8) is 0 Å². The standard InChI is InChI=1S/C8H12N6/c1-2-13-5-7(3-10-13)6-14-11-4-8(9)12-14/h3-5H,2,6H2,1H3,(H2,9,12). The van der Waals surface area contributed by atoms with E-state index < -0.39 is 0 Å². The topological polar surface area (TPSA) is 74.5 Å². The number of anilines is 1. The van der Waals surface area contributed by atoms with Crippen LogP contribution in [0.3, 0.4) is 0 Å². The Morgan fingerprint density at radius 2 is 2.21 bits per heavy atom. The van der Waals surface area contributed by atoms with Crippen molar-refractivity contribution in [3.05, 3.63) is 24.2 Å². The van der Waals surface area contributed by atoms with Gasteiger partial charge in [0, 0.05) is 18.3 Å². The van der Waals surface area contributed by atoms with E-state index in [1.54, 1.807) is 4.80 Å². The molecule has 0 saturated carbocycles. The number of rotatable bonds is 3. The van der Waals surface area contributed by atoms with E-state index in [4.69, 9.17) is 5.73 Å². The molecule has 14 heavy (non-hydrogen) atoms. The molecular weight excluding hydrogens is 180 g/mol. The Labute approximate surface area is 81.3 Å². The number of nitrogens with zero attached hydrogens (tertiary/aromatic N) is 5. The van der Waals surface area contributed by atoms with Crippen LogP contribution >= 0.6 is 0 Å². The average molecular weight is 192 g/mol. The molecule has 0 spiro atoms. The number of nitrogens with two attached hydrogens (primary N) is 1. The van der Waals surface area contributed by atoms with E-state index >= 15 is 0 Å². The molecule has 0 aliphatic rings. The van der Waals surface area contributed by atoms with Crippen LogP contribution in [-0.2, 0) is 13.1 Å². The molecule has 2 N–H and O–H groups in total. The highest BCUT2D eigenvalue weighted by Crippen LogP contribution is 2.00. The first-order valence-corrected chi connectivity index (χ1v) is 4.45. The zero-order chi connectivity index (χ0) is 9.97. The third-order valence-electron chi connectivity index (χ3n) is 1.89. The number of hydrogen-bond donors (Lipinski definition) is 1. The second-order valence-corrected chi connectivity index (χ2v) is 3.00. The largest absolute Gasteiger partial charge is 0.381 e. The number of aryl methyl sites for hydroxylation is 1. The van der Waals surface area contributed by atoms with Gasteiger partial charge in [-0.15, -0.1) is 5.10 Å². The van der Waals surface area contributed by atoms with Crippen molar-refractivity contribution in [3.8, 4) is 0 Å². The highest BCUT2D eigenvalue weighted by Gasteiger charge is 2.00. The van der Waals surface area contributed by atoms with E-state index in [9.17, 15) is 0 Å². The average Bonchev–Trinajstić information content (AvgIpc) is 2.76. The van der Waals surface area contributed by atoms with Crippen LogP contribution in [0.5, 0.6) is 0 Å². The van der Waals surface area contributed by atoms with Crippen LogP contribution in [0.25, 0.3) is 0 Å². The fraction of sp³-hybridized carbons (Fsp3) is 0.375. The van der Waals surface area contributed by atoms with Gasteiger partial charge in [-0.3, -0.25) is 4.68 Å². The summed E-state index contributed by atoms with van der Waals surface area (Å²) in [7, 11) is 0. The summed E-state index contributed by atoms with van der Waals surface area (Å²) >= 11 is 0. The smallest absolute Gasteiger partial charge is 0.165 e. The van der Waals surface area contributed by atoms with Crippen molar-refractivity contribution in [1.29, 1.82) is 0 Å². The Hall–Kier alpha value is -1.85. The fourth-order valence-electron chi connectivity index (χ4n) is 1.21. The molecule has 0 bridgehead atoms. The predicted octanol–water partition coefficient (Wildman–Crippen LogP) is 0.125. The van der Waals surface area contributed by atoms with Gasteiger partial charge in [-0.05, 0) is 6.92 Å². The van der Waals surface area contributed by atoms with Gasteiger partial charge in [0.05, 0.1) is 18.9 Å². The molecule has 0 aromatic carbocycles. The molecule has 2 aromatic heterocycles. The summed E-state index contributed by atoms with van der Waals surface area (Å²) in [6.07, 6.45) is 5.31.